The van der Waals surface area contributed by atoms with Crippen LogP contribution in [0.15, 0.2) is 24.3 Å². The average molecular weight is 275 g/mol. The van der Waals surface area contributed by atoms with Crippen molar-refractivity contribution in [3.05, 3.63) is 30.0 Å². The molecule has 3 nitrogen and oxygen atoms in total. The highest BCUT2D eigenvalue weighted by Crippen LogP contribution is 2.46. The zero-order valence-electron chi connectivity index (χ0n) is 11.6. The van der Waals surface area contributed by atoms with Gasteiger partial charge in [0.15, 0.2) is 0 Å². The molecule has 0 unspecified atom stereocenters. The Kier molecular flexibility index (Phi) is 3.54. The van der Waals surface area contributed by atoms with E-state index < -0.39 is 0 Å². The number of rotatable bonds is 6. The number of thioether (sulfide) groups is 1. The van der Waals surface area contributed by atoms with E-state index in [1.807, 2.05) is 11.8 Å². The van der Waals surface area contributed by atoms with Gasteiger partial charge >= 0.3 is 0 Å². The molecule has 1 aromatic carbocycles. The predicted molar refractivity (Wildman–Crippen MR) is 82.6 cm³/mol. The van der Waals surface area contributed by atoms with E-state index in [2.05, 4.69) is 47.4 Å². The van der Waals surface area contributed by atoms with E-state index in [1.54, 1.807) is 0 Å². The van der Waals surface area contributed by atoms with Gasteiger partial charge in [-0.1, -0.05) is 18.2 Å². The first-order valence-corrected chi connectivity index (χ1v) is 8.21. The third-order valence-corrected chi connectivity index (χ3v) is 5.43. The van der Waals surface area contributed by atoms with E-state index >= 15 is 0 Å². The lowest BCUT2D eigenvalue weighted by molar-refractivity contribution is 0.621. The fraction of sp³-hybridized carbons (Fsp3) is 0.533. The number of benzene rings is 1. The molecule has 1 aliphatic carbocycles. The minimum Gasteiger partial charge on any atom is -0.310 e. The smallest absolute Gasteiger partial charge is 0.0841 e. The third-order valence-electron chi connectivity index (χ3n) is 4.01. The highest BCUT2D eigenvalue weighted by molar-refractivity contribution is 8.00. The monoisotopic (exact) mass is 275 g/mol. The van der Waals surface area contributed by atoms with Crippen molar-refractivity contribution < 1.29 is 0 Å². The molecule has 1 fully saturated rings. The van der Waals surface area contributed by atoms with Crippen LogP contribution >= 0.6 is 11.8 Å². The summed E-state index contributed by atoms with van der Waals surface area (Å²) in [7, 11) is 0. The molecule has 0 bridgehead atoms. The summed E-state index contributed by atoms with van der Waals surface area (Å²) < 4.78 is 2.61. The Hall–Kier alpha value is -1.00. The first-order valence-electron chi connectivity index (χ1n) is 6.98. The summed E-state index contributed by atoms with van der Waals surface area (Å²) in [5.74, 6) is 0. The Bertz CT molecular complexity index is 572. The van der Waals surface area contributed by atoms with Gasteiger partial charge in [-0.05, 0) is 32.1 Å². The zero-order chi connectivity index (χ0) is 13.3. The molecular formula is C15H21N3S. The van der Waals surface area contributed by atoms with E-state index in [1.165, 1.54) is 29.4 Å². The van der Waals surface area contributed by atoms with Crippen LogP contribution in [0.5, 0.6) is 0 Å². The maximum absolute atomic E-state index is 4.72. The quantitative estimate of drug-likeness (QED) is 0.879. The average Bonchev–Trinajstić information content (AvgIpc) is 3.15. The Balaban J connectivity index is 1.74. The molecule has 1 heterocycles. The second-order valence-corrected chi connectivity index (χ2v) is 6.54. The Morgan fingerprint density at radius 3 is 2.84 bits per heavy atom. The van der Waals surface area contributed by atoms with Gasteiger partial charge in [-0.2, -0.15) is 16.9 Å². The second-order valence-electron chi connectivity index (χ2n) is 5.27. The lowest BCUT2D eigenvalue weighted by Gasteiger charge is -2.12. The van der Waals surface area contributed by atoms with Crippen molar-refractivity contribution >= 4 is 22.7 Å². The molecule has 4 heteroatoms. The van der Waals surface area contributed by atoms with Gasteiger partial charge in [0.05, 0.1) is 11.2 Å². The molecule has 0 aliphatic heterocycles. The Labute approximate surface area is 118 Å². The number of nitrogens with zero attached hydrogens (tertiary/aromatic N) is 2. The fourth-order valence-electron chi connectivity index (χ4n) is 2.57. The summed E-state index contributed by atoms with van der Waals surface area (Å²) in [4.78, 5) is 0. The standard InChI is InChI=1S/C15H21N3S/c1-3-18-14-7-5-4-6-12(14)13(17-18)10-16-11-15(19-2)8-9-15/h4-7,16H,3,8-11H2,1-2H3. The van der Waals surface area contributed by atoms with Crippen molar-refractivity contribution in [2.24, 2.45) is 0 Å². The largest absolute Gasteiger partial charge is 0.310 e. The van der Waals surface area contributed by atoms with Crippen LogP contribution in [-0.4, -0.2) is 27.3 Å². The van der Waals surface area contributed by atoms with E-state index in [0.717, 1.165) is 19.6 Å². The number of hydrogen-bond acceptors (Lipinski definition) is 3. The van der Waals surface area contributed by atoms with Gasteiger partial charge in [0, 0.05) is 29.8 Å². The third kappa shape index (κ3) is 2.51. The molecule has 0 spiro atoms. The summed E-state index contributed by atoms with van der Waals surface area (Å²) in [6.45, 7) is 5.04. The van der Waals surface area contributed by atoms with Gasteiger partial charge in [0.2, 0.25) is 0 Å². The van der Waals surface area contributed by atoms with Crippen LogP contribution in [0.2, 0.25) is 0 Å². The van der Waals surface area contributed by atoms with Gasteiger partial charge in [-0.25, -0.2) is 0 Å². The minimum absolute atomic E-state index is 0.517. The minimum atomic E-state index is 0.517. The summed E-state index contributed by atoms with van der Waals surface area (Å²) in [6, 6.07) is 8.50. The molecular weight excluding hydrogens is 254 g/mol. The molecule has 3 rings (SSSR count). The molecule has 0 atom stereocenters. The number of nitrogens with one attached hydrogen (secondary N) is 1. The van der Waals surface area contributed by atoms with Gasteiger partial charge < -0.3 is 5.32 Å². The normalized spacial score (nSPS) is 16.9. The van der Waals surface area contributed by atoms with Crippen LogP contribution in [0.25, 0.3) is 10.9 Å². The van der Waals surface area contributed by atoms with Gasteiger partial charge in [0.1, 0.15) is 0 Å². The number of fused-ring (bicyclic) bond motifs is 1. The molecule has 1 aliphatic rings. The van der Waals surface area contributed by atoms with Crippen LogP contribution in [0.4, 0.5) is 0 Å². The maximum Gasteiger partial charge on any atom is 0.0841 e. The first kappa shape index (κ1) is 13.0. The molecule has 0 radical (unpaired) electrons. The first-order chi connectivity index (χ1) is 9.28. The molecule has 102 valence electrons. The SMILES string of the molecule is CCn1nc(CNCC2(SC)CC2)c2ccccc21. The zero-order valence-corrected chi connectivity index (χ0v) is 12.5. The summed E-state index contributed by atoms with van der Waals surface area (Å²) in [5, 5.41) is 9.59. The van der Waals surface area contributed by atoms with E-state index in [4.69, 9.17) is 5.10 Å². The fourth-order valence-corrected chi connectivity index (χ4v) is 3.33. The Morgan fingerprint density at radius 2 is 2.16 bits per heavy atom. The van der Waals surface area contributed by atoms with Crippen LogP contribution in [0.1, 0.15) is 25.5 Å². The maximum atomic E-state index is 4.72. The molecule has 1 aromatic heterocycles. The predicted octanol–water partition coefficient (Wildman–Crippen LogP) is 3.04. The van der Waals surface area contributed by atoms with Gasteiger partial charge in [-0.3, -0.25) is 4.68 Å². The Morgan fingerprint density at radius 1 is 1.37 bits per heavy atom. The summed E-state index contributed by atoms with van der Waals surface area (Å²) in [5.41, 5.74) is 2.42. The number of aryl methyl sites for hydroxylation is 1. The summed E-state index contributed by atoms with van der Waals surface area (Å²) in [6.07, 6.45) is 4.92. The van der Waals surface area contributed by atoms with Crippen LogP contribution in [-0.2, 0) is 13.1 Å². The lowest BCUT2D eigenvalue weighted by atomic mass is 10.2. The molecule has 19 heavy (non-hydrogen) atoms. The van der Waals surface area contributed by atoms with Crippen molar-refractivity contribution in [3.63, 3.8) is 0 Å². The number of para-hydroxylation sites is 1. The van der Waals surface area contributed by atoms with Crippen LogP contribution < -0.4 is 5.32 Å². The summed E-state index contributed by atoms with van der Waals surface area (Å²) >= 11 is 2.00. The lowest BCUT2D eigenvalue weighted by Crippen LogP contribution is -2.25. The molecule has 2 aromatic rings. The molecule has 1 saturated carbocycles. The van der Waals surface area contributed by atoms with E-state index in [9.17, 15) is 0 Å². The van der Waals surface area contributed by atoms with Crippen LogP contribution in [0.3, 0.4) is 0 Å². The molecule has 0 saturated heterocycles. The second kappa shape index (κ2) is 5.17. The topological polar surface area (TPSA) is 29.9 Å². The highest BCUT2D eigenvalue weighted by atomic mass is 32.2. The van der Waals surface area contributed by atoms with E-state index in [-0.39, 0.29) is 0 Å². The van der Waals surface area contributed by atoms with Crippen molar-refractivity contribution in [2.45, 2.75) is 37.6 Å². The van der Waals surface area contributed by atoms with Gasteiger partial charge in [-0.15, -0.1) is 0 Å². The van der Waals surface area contributed by atoms with Crippen LogP contribution in [0, 0.1) is 0 Å². The van der Waals surface area contributed by atoms with Crippen molar-refractivity contribution in [1.29, 1.82) is 0 Å². The van der Waals surface area contributed by atoms with E-state index in [0.29, 0.717) is 4.75 Å². The molecule has 0 amide bonds. The molecule has 1 N–H and O–H groups in total. The highest BCUT2D eigenvalue weighted by Gasteiger charge is 2.41. The van der Waals surface area contributed by atoms with Crippen molar-refractivity contribution in [1.82, 2.24) is 15.1 Å². The van der Waals surface area contributed by atoms with Crippen molar-refractivity contribution in [3.8, 4) is 0 Å². The number of aromatic nitrogens is 2. The van der Waals surface area contributed by atoms with Crippen molar-refractivity contribution in [2.75, 3.05) is 12.8 Å². The number of hydrogen-bond donors (Lipinski definition) is 1. The van der Waals surface area contributed by atoms with Gasteiger partial charge in [0.25, 0.3) is 0 Å².